The molecule has 3 rings (SSSR count). The van der Waals surface area contributed by atoms with E-state index in [2.05, 4.69) is 29.8 Å². The summed E-state index contributed by atoms with van der Waals surface area (Å²) in [5.74, 6) is 1.00. The molecule has 0 spiro atoms. The zero-order valence-corrected chi connectivity index (χ0v) is 15.2. The maximum Gasteiger partial charge on any atom is 0.251 e. The number of nitrogens with one attached hydrogen (secondary N) is 1. The van der Waals surface area contributed by atoms with Gasteiger partial charge in [0, 0.05) is 25.1 Å². The zero-order valence-electron chi connectivity index (χ0n) is 15.2. The van der Waals surface area contributed by atoms with E-state index in [9.17, 15) is 4.79 Å². The molecule has 0 bridgehead atoms. The van der Waals surface area contributed by atoms with Crippen LogP contribution in [0.2, 0.25) is 0 Å². The van der Waals surface area contributed by atoms with Crippen molar-refractivity contribution in [2.45, 2.75) is 40.2 Å². The Labute approximate surface area is 148 Å². The maximum atomic E-state index is 12.3. The highest BCUT2D eigenvalue weighted by atomic mass is 16.1. The monoisotopic (exact) mass is 335 g/mol. The van der Waals surface area contributed by atoms with E-state index in [1.54, 1.807) is 0 Å². The number of aryl methyl sites for hydroxylation is 3. The number of imidazole rings is 1. The minimum absolute atomic E-state index is 0.0266. The number of para-hydroxylation sites is 2. The lowest BCUT2D eigenvalue weighted by Gasteiger charge is -2.09. The normalized spacial score (nSPS) is 11.0. The van der Waals surface area contributed by atoms with Crippen molar-refractivity contribution in [3.63, 3.8) is 0 Å². The molecule has 0 saturated carbocycles. The number of carbonyl (C=O) groups excluding carboxylic acids is 1. The van der Waals surface area contributed by atoms with E-state index in [1.807, 2.05) is 43.3 Å². The molecule has 1 amide bonds. The maximum absolute atomic E-state index is 12.3. The van der Waals surface area contributed by atoms with Crippen LogP contribution in [-0.2, 0) is 13.0 Å². The predicted molar refractivity (Wildman–Crippen MR) is 102 cm³/mol. The van der Waals surface area contributed by atoms with E-state index < -0.39 is 0 Å². The molecule has 1 heterocycles. The standard InChI is InChI=1S/C21H25N3O/c1-4-13-24-19-8-6-5-7-18(19)23-20(24)11-12-22-21(25)17-10-9-15(2)16(3)14-17/h5-10,14H,4,11-13H2,1-3H3,(H,22,25). The molecule has 0 aliphatic carbocycles. The van der Waals surface area contributed by atoms with Gasteiger partial charge in [-0.15, -0.1) is 0 Å². The average Bonchev–Trinajstić information content (AvgIpc) is 2.95. The van der Waals surface area contributed by atoms with Crippen molar-refractivity contribution in [2.75, 3.05) is 6.54 Å². The van der Waals surface area contributed by atoms with Gasteiger partial charge in [0.2, 0.25) is 0 Å². The molecule has 0 fully saturated rings. The second kappa shape index (κ2) is 7.51. The summed E-state index contributed by atoms with van der Waals surface area (Å²) in [5.41, 5.74) is 5.23. The average molecular weight is 335 g/mol. The fourth-order valence-corrected chi connectivity index (χ4v) is 3.06. The van der Waals surface area contributed by atoms with E-state index in [4.69, 9.17) is 4.98 Å². The molecule has 0 atom stereocenters. The first-order chi connectivity index (χ1) is 12.1. The summed E-state index contributed by atoms with van der Waals surface area (Å²) in [6.45, 7) is 7.77. The Morgan fingerprint density at radius 3 is 2.68 bits per heavy atom. The van der Waals surface area contributed by atoms with Crippen molar-refractivity contribution in [2.24, 2.45) is 0 Å². The molecule has 130 valence electrons. The number of benzene rings is 2. The van der Waals surface area contributed by atoms with Gasteiger partial charge >= 0.3 is 0 Å². The number of amides is 1. The number of nitrogens with zero attached hydrogens (tertiary/aromatic N) is 2. The van der Waals surface area contributed by atoms with E-state index in [1.165, 1.54) is 11.1 Å². The van der Waals surface area contributed by atoms with Gasteiger partial charge in [0.25, 0.3) is 5.91 Å². The highest BCUT2D eigenvalue weighted by Gasteiger charge is 2.11. The minimum Gasteiger partial charge on any atom is -0.352 e. The van der Waals surface area contributed by atoms with Gasteiger partial charge in [0.1, 0.15) is 5.82 Å². The summed E-state index contributed by atoms with van der Waals surface area (Å²) >= 11 is 0. The largest absolute Gasteiger partial charge is 0.352 e. The Bertz CT molecular complexity index is 895. The summed E-state index contributed by atoms with van der Waals surface area (Å²) in [4.78, 5) is 17.1. The van der Waals surface area contributed by atoms with E-state index in [-0.39, 0.29) is 5.91 Å². The molecule has 25 heavy (non-hydrogen) atoms. The lowest BCUT2D eigenvalue weighted by Crippen LogP contribution is -2.26. The second-order valence-electron chi connectivity index (χ2n) is 6.47. The molecule has 1 aromatic heterocycles. The SMILES string of the molecule is CCCn1c(CCNC(=O)c2ccc(C)c(C)c2)nc2ccccc21. The quantitative estimate of drug-likeness (QED) is 0.739. The first kappa shape index (κ1) is 17.2. The van der Waals surface area contributed by atoms with Crippen LogP contribution in [0.5, 0.6) is 0 Å². The molecular formula is C21H25N3O. The Kier molecular flexibility index (Phi) is 5.17. The van der Waals surface area contributed by atoms with E-state index in [0.717, 1.165) is 36.3 Å². The number of rotatable bonds is 6. The van der Waals surface area contributed by atoms with Gasteiger partial charge < -0.3 is 9.88 Å². The second-order valence-corrected chi connectivity index (χ2v) is 6.47. The van der Waals surface area contributed by atoms with Gasteiger partial charge in [0.15, 0.2) is 0 Å². The summed E-state index contributed by atoms with van der Waals surface area (Å²) in [5, 5.41) is 3.02. The summed E-state index contributed by atoms with van der Waals surface area (Å²) in [6, 6.07) is 14.0. The van der Waals surface area contributed by atoms with Crippen LogP contribution in [0, 0.1) is 13.8 Å². The van der Waals surface area contributed by atoms with Crippen molar-refractivity contribution in [1.29, 1.82) is 0 Å². The fraction of sp³-hybridized carbons (Fsp3) is 0.333. The molecule has 0 unspecified atom stereocenters. The lowest BCUT2D eigenvalue weighted by atomic mass is 10.1. The smallest absolute Gasteiger partial charge is 0.251 e. The Morgan fingerprint density at radius 1 is 1.12 bits per heavy atom. The van der Waals surface area contributed by atoms with Crippen LogP contribution in [0.4, 0.5) is 0 Å². The van der Waals surface area contributed by atoms with Crippen LogP contribution in [0.1, 0.15) is 40.7 Å². The van der Waals surface area contributed by atoms with Crippen LogP contribution in [0.3, 0.4) is 0 Å². The van der Waals surface area contributed by atoms with E-state index >= 15 is 0 Å². The fourth-order valence-electron chi connectivity index (χ4n) is 3.06. The molecule has 4 heteroatoms. The van der Waals surface area contributed by atoms with Gasteiger partial charge in [-0.1, -0.05) is 25.1 Å². The first-order valence-corrected chi connectivity index (χ1v) is 8.89. The summed E-state index contributed by atoms with van der Waals surface area (Å²) in [7, 11) is 0. The van der Waals surface area contributed by atoms with Crippen molar-refractivity contribution >= 4 is 16.9 Å². The number of hydrogen-bond donors (Lipinski definition) is 1. The van der Waals surface area contributed by atoms with Crippen LogP contribution in [0.25, 0.3) is 11.0 Å². The predicted octanol–water partition coefficient (Wildman–Crippen LogP) is 4.04. The number of hydrogen-bond acceptors (Lipinski definition) is 2. The number of fused-ring (bicyclic) bond motifs is 1. The molecule has 2 aromatic carbocycles. The molecule has 4 nitrogen and oxygen atoms in total. The van der Waals surface area contributed by atoms with Gasteiger partial charge in [-0.3, -0.25) is 4.79 Å². The van der Waals surface area contributed by atoms with Crippen molar-refractivity contribution in [3.05, 3.63) is 65.0 Å². The molecule has 0 aliphatic heterocycles. The molecule has 0 radical (unpaired) electrons. The first-order valence-electron chi connectivity index (χ1n) is 8.89. The van der Waals surface area contributed by atoms with Gasteiger partial charge in [-0.25, -0.2) is 4.98 Å². The van der Waals surface area contributed by atoms with Crippen LogP contribution < -0.4 is 5.32 Å². The van der Waals surface area contributed by atoms with Crippen molar-refractivity contribution < 1.29 is 4.79 Å². The van der Waals surface area contributed by atoms with Crippen LogP contribution >= 0.6 is 0 Å². The summed E-state index contributed by atoms with van der Waals surface area (Å²) < 4.78 is 2.26. The minimum atomic E-state index is -0.0266. The molecule has 0 aliphatic rings. The molecular weight excluding hydrogens is 310 g/mol. The van der Waals surface area contributed by atoms with Crippen molar-refractivity contribution in [3.8, 4) is 0 Å². The number of aromatic nitrogens is 2. The third-order valence-electron chi connectivity index (χ3n) is 4.58. The van der Waals surface area contributed by atoms with Gasteiger partial charge in [-0.05, 0) is 55.7 Å². The van der Waals surface area contributed by atoms with Gasteiger partial charge in [0.05, 0.1) is 11.0 Å². The molecule has 1 N–H and O–H groups in total. The van der Waals surface area contributed by atoms with Crippen LogP contribution in [0.15, 0.2) is 42.5 Å². The third-order valence-corrected chi connectivity index (χ3v) is 4.58. The topological polar surface area (TPSA) is 46.9 Å². The highest BCUT2D eigenvalue weighted by molar-refractivity contribution is 5.94. The molecule has 0 saturated heterocycles. The van der Waals surface area contributed by atoms with Crippen molar-refractivity contribution in [1.82, 2.24) is 14.9 Å². The number of carbonyl (C=O) groups is 1. The zero-order chi connectivity index (χ0) is 17.8. The molecule has 3 aromatic rings. The highest BCUT2D eigenvalue weighted by Crippen LogP contribution is 2.17. The van der Waals surface area contributed by atoms with E-state index in [0.29, 0.717) is 12.1 Å². The Morgan fingerprint density at radius 2 is 1.92 bits per heavy atom. The summed E-state index contributed by atoms with van der Waals surface area (Å²) in [6.07, 6.45) is 1.79. The lowest BCUT2D eigenvalue weighted by molar-refractivity contribution is 0.0954. The third kappa shape index (κ3) is 3.73. The Hall–Kier alpha value is -2.62. The van der Waals surface area contributed by atoms with Gasteiger partial charge in [-0.2, -0.15) is 0 Å². The van der Waals surface area contributed by atoms with Crippen LogP contribution in [-0.4, -0.2) is 22.0 Å². The Balaban J connectivity index is 1.69.